The second kappa shape index (κ2) is 5.96. The first kappa shape index (κ1) is 13.9. The van der Waals surface area contributed by atoms with Crippen molar-refractivity contribution in [3.8, 4) is 0 Å². The average molecular weight is 242 g/mol. The minimum atomic E-state index is -0.501. The lowest BCUT2D eigenvalue weighted by molar-refractivity contribution is 0.557. The fourth-order valence-corrected chi connectivity index (χ4v) is 1.93. The van der Waals surface area contributed by atoms with Crippen molar-refractivity contribution in [2.45, 2.75) is 20.4 Å². The van der Waals surface area contributed by atoms with Crippen LogP contribution in [0.4, 0.5) is 14.5 Å². The lowest BCUT2D eigenvalue weighted by atomic mass is 10.1. The topological polar surface area (TPSA) is 15.3 Å². The molecule has 1 aromatic rings. The molecule has 0 saturated carbocycles. The van der Waals surface area contributed by atoms with Gasteiger partial charge in [0, 0.05) is 20.1 Å². The maximum atomic E-state index is 13.8. The van der Waals surface area contributed by atoms with E-state index in [9.17, 15) is 8.78 Å². The van der Waals surface area contributed by atoms with Gasteiger partial charge in [0.15, 0.2) is 0 Å². The molecule has 0 spiro atoms. The number of halogens is 2. The summed E-state index contributed by atoms with van der Waals surface area (Å²) in [6.07, 6.45) is 0. The molecule has 1 aromatic carbocycles. The van der Waals surface area contributed by atoms with Gasteiger partial charge in [0.05, 0.1) is 0 Å². The molecule has 0 atom stereocenters. The summed E-state index contributed by atoms with van der Waals surface area (Å²) < 4.78 is 27.7. The van der Waals surface area contributed by atoms with Crippen LogP contribution in [0.15, 0.2) is 12.1 Å². The number of nitrogens with one attached hydrogen (secondary N) is 1. The molecule has 0 aliphatic carbocycles. The van der Waals surface area contributed by atoms with Crippen LogP contribution in [0.2, 0.25) is 0 Å². The zero-order chi connectivity index (χ0) is 13.0. The van der Waals surface area contributed by atoms with Crippen molar-refractivity contribution in [1.29, 1.82) is 0 Å². The summed E-state index contributed by atoms with van der Waals surface area (Å²) in [7, 11) is 3.45. The van der Waals surface area contributed by atoms with Gasteiger partial charge in [0.25, 0.3) is 0 Å². The molecular formula is C13H20F2N2. The van der Waals surface area contributed by atoms with E-state index in [-0.39, 0.29) is 5.69 Å². The number of anilines is 1. The van der Waals surface area contributed by atoms with E-state index >= 15 is 0 Å². The lowest BCUT2D eigenvalue weighted by Crippen LogP contribution is -2.24. The first-order valence-electron chi connectivity index (χ1n) is 5.79. The van der Waals surface area contributed by atoms with E-state index in [1.807, 2.05) is 13.8 Å². The van der Waals surface area contributed by atoms with Crippen LogP contribution in [0, 0.1) is 17.6 Å². The summed E-state index contributed by atoms with van der Waals surface area (Å²) in [4.78, 5) is 1.62. The van der Waals surface area contributed by atoms with Crippen LogP contribution in [-0.2, 0) is 6.54 Å². The summed E-state index contributed by atoms with van der Waals surface area (Å²) in [5.41, 5.74) is 0.669. The van der Waals surface area contributed by atoms with Gasteiger partial charge in [0.1, 0.15) is 17.3 Å². The molecule has 4 heteroatoms. The van der Waals surface area contributed by atoms with Crippen LogP contribution >= 0.6 is 0 Å². The largest absolute Gasteiger partial charge is 0.370 e. The minimum absolute atomic E-state index is 0.0542. The number of benzene rings is 1. The molecule has 0 saturated heterocycles. The summed E-state index contributed by atoms with van der Waals surface area (Å²) in [6.45, 7) is 5.12. The number of hydrogen-bond donors (Lipinski definition) is 1. The molecule has 1 N–H and O–H groups in total. The van der Waals surface area contributed by atoms with Crippen molar-refractivity contribution < 1.29 is 8.78 Å². The molecule has 0 bridgehead atoms. The first-order chi connectivity index (χ1) is 7.95. The molecule has 0 amide bonds. The fourth-order valence-electron chi connectivity index (χ4n) is 1.93. The molecule has 0 aromatic heterocycles. The van der Waals surface area contributed by atoms with E-state index in [0.29, 0.717) is 24.6 Å². The highest BCUT2D eigenvalue weighted by molar-refractivity contribution is 5.50. The normalized spacial score (nSPS) is 11.0. The van der Waals surface area contributed by atoms with Crippen LogP contribution in [0.1, 0.15) is 19.4 Å². The summed E-state index contributed by atoms with van der Waals surface area (Å²) in [5.74, 6) is -0.646. The first-order valence-corrected chi connectivity index (χ1v) is 5.79. The Balaban J connectivity index is 3.00. The second-order valence-corrected chi connectivity index (χ2v) is 4.71. The van der Waals surface area contributed by atoms with Crippen LogP contribution in [0.25, 0.3) is 0 Å². The third kappa shape index (κ3) is 3.66. The zero-order valence-electron chi connectivity index (χ0n) is 10.8. The highest BCUT2D eigenvalue weighted by Crippen LogP contribution is 2.24. The Morgan fingerprint density at radius 1 is 1.24 bits per heavy atom. The Morgan fingerprint density at radius 2 is 1.76 bits per heavy atom. The van der Waals surface area contributed by atoms with Gasteiger partial charge in [-0.25, -0.2) is 8.78 Å². The predicted molar refractivity (Wildman–Crippen MR) is 67.2 cm³/mol. The maximum absolute atomic E-state index is 13.8. The van der Waals surface area contributed by atoms with E-state index in [1.54, 1.807) is 19.0 Å². The molecule has 0 fully saturated rings. The van der Waals surface area contributed by atoms with Gasteiger partial charge in [0.2, 0.25) is 0 Å². The highest BCUT2D eigenvalue weighted by Gasteiger charge is 2.15. The standard InChI is InChI=1S/C13H20F2N2/c1-9(2)8-17(4)13-11(14)5-10(7-16-3)6-12(13)15/h5-6,9,16H,7-8H2,1-4H3. The molecule has 0 radical (unpaired) electrons. The Morgan fingerprint density at radius 3 is 2.18 bits per heavy atom. The molecule has 96 valence electrons. The van der Waals surface area contributed by atoms with Crippen molar-refractivity contribution in [3.05, 3.63) is 29.3 Å². The van der Waals surface area contributed by atoms with Gasteiger partial charge in [-0.05, 0) is 30.7 Å². The molecule has 0 aliphatic heterocycles. The molecule has 2 nitrogen and oxygen atoms in total. The Bertz CT molecular complexity index is 355. The quantitative estimate of drug-likeness (QED) is 0.854. The Labute approximate surface area is 102 Å². The summed E-state index contributed by atoms with van der Waals surface area (Å²) in [5, 5.41) is 2.87. The van der Waals surface area contributed by atoms with E-state index in [0.717, 1.165) is 0 Å². The fraction of sp³-hybridized carbons (Fsp3) is 0.538. The maximum Gasteiger partial charge on any atom is 0.149 e. The SMILES string of the molecule is CNCc1cc(F)c(N(C)CC(C)C)c(F)c1. The molecular weight excluding hydrogens is 222 g/mol. The van der Waals surface area contributed by atoms with E-state index < -0.39 is 11.6 Å². The number of hydrogen-bond acceptors (Lipinski definition) is 2. The third-order valence-corrected chi connectivity index (χ3v) is 2.48. The minimum Gasteiger partial charge on any atom is -0.370 e. The van der Waals surface area contributed by atoms with E-state index in [2.05, 4.69) is 5.32 Å². The van der Waals surface area contributed by atoms with Crippen molar-refractivity contribution >= 4 is 5.69 Å². The monoisotopic (exact) mass is 242 g/mol. The Kier molecular flexibility index (Phi) is 4.87. The molecule has 0 aliphatic rings. The van der Waals surface area contributed by atoms with Gasteiger partial charge in [-0.2, -0.15) is 0 Å². The van der Waals surface area contributed by atoms with Gasteiger partial charge in [-0.3, -0.25) is 0 Å². The van der Waals surface area contributed by atoms with Crippen molar-refractivity contribution in [3.63, 3.8) is 0 Å². The summed E-state index contributed by atoms with van der Waals surface area (Å²) in [6, 6.07) is 2.76. The average Bonchev–Trinajstić information content (AvgIpc) is 2.15. The smallest absolute Gasteiger partial charge is 0.149 e. The molecule has 0 heterocycles. The van der Waals surface area contributed by atoms with E-state index in [1.165, 1.54) is 12.1 Å². The van der Waals surface area contributed by atoms with Crippen LogP contribution in [-0.4, -0.2) is 20.6 Å². The lowest BCUT2D eigenvalue weighted by Gasteiger charge is -2.23. The van der Waals surface area contributed by atoms with Crippen molar-refractivity contribution in [1.82, 2.24) is 5.32 Å². The zero-order valence-corrected chi connectivity index (χ0v) is 10.8. The predicted octanol–water partition coefficient (Wildman–Crippen LogP) is 2.78. The Hall–Kier alpha value is -1.16. The highest BCUT2D eigenvalue weighted by atomic mass is 19.1. The number of nitrogens with zero attached hydrogens (tertiary/aromatic N) is 1. The van der Waals surface area contributed by atoms with Gasteiger partial charge >= 0.3 is 0 Å². The van der Waals surface area contributed by atoms with Gasteiger partial charge < -0.3 is 10.2 Å². The second-order valence-electron chi connectivity index (χ2n) is 4.71. The van der Waals surface area contributed by atoms with Crippen molar-refractivity contribution in [2.75, 3.05) is 25.5 Å². The van der Waals surface area contributed by atoms with Crippen LogP contribution in [0.3, 0.4) is 0 Å². The van der Waals surface area contributed by atoms with Gasteiger partial charge in [-0.1, -0.05) is 13.8 Å². The van der Waals surface area contributed by atoms with E-state index in [4.69, 9.17) is 0 Å². The number of rotatable bonds is 5. The van der Waals surface area contributed by atoms with Gasteiger partial charge in [-0.15, -0.1) is 0 Å². The summed E-state index contributed by atoms with van der Waals surface area (Å²) >= 11 is 0. The molecule has 0 unspecified atom stereocenters. The van der Waals surface area contributed by atoms with Crippen LogP contribution in [0.5, 0.6) is 0 Å². The van der Waals surface area contributed by atoms with Crippen molar-refractivity contribution in [2.24, 2.45) is 5.92 Å². The van der Waals surface area contributed by atoms with Crippen LogP contribution < -0.4 is 10.2 Å². The molecule has 17 heavy (non-hydrogen) atoms. The third-order valence-electron chi connectivity index (χ3n) is 2.48. The molecule has 1 rings (SSSR count).